The molecule has 2 aromatic carbocycles. The summed E-state index contributed by atoms with van der Waals surface area (Å²) in [5.74, 6) is -0.960. The number of alkyl halides is 3. The van der Waals surface area contributed by atoms with Crippen LogP contribution in [0.15, 0.2) is 42.5 Å². The Balaban J connectivity index is 1.78. The number of amides is 1. The second-order valence-electron chi connectivity index (χ2n) is 7.07. The molecule has 0 aliphatic heterocycles. The zero-order valence-corrected chi connectivity index (χ0v) is 17.1. The molecule has 1 aromatic heterocycles. The number of aryl methyl sites for hydroxylation is 2. The first-order chi connectivity index (χ1) is 14.6. The molecule has 3 rings (SSSR count). The molecule has 6 nitrogen and oxygen atoms in total. The number of benzene rings is 2. The highest BCUT2D eigenvalue weighted by atomic mass is 19.4. The molecule has 0 aliphatic rings. The quantitative estimate of drug-likeness (QED) is 0.544. The van der Waals surface area contributed by atoms with Gasteiger partial charge in [0.05, 0.1) is 12.2 Å². The number of nitrogens with zero attached hydrogens (tertiary/aromatic N) is 4. The lowest BCUT2D eigenvalue weighted by Crippen LogP contribution is -2.33. The lowest BCUT2D eigenvalue weighted by molar-refractivity contribution is -0.143. The van der Waals surface area contributed by atoms with Gasteiger partial charge in [-0.2, -0.15) is 13.2 Å². The van der Waals surface area contributed by atoms with Crippen LogP contribution in [0.2, 0.25) is 0 Å². The summed E-state index contributed by atoms with van der Waals surface area (Å²) in [4.78, 5) is 13.7. The van der Waals surface area contributed by atoms with Crippen molar-refractivity contribution < 1.29 is 27.1 Å². The van der Waals surface area contributed by atoms with E-state index >= 15 is 0 Å². The number of aromatic nitrogens is 3. The molecule has 0 atom stereocenters. The van der Waals surface area contributed by atoms with Gasteiger partial charge in [-0.3, -0.25) is 4.79 Å². The first-order valence-electron chi connectivity index (χ1n) is 9.31. The van der Waals surface area contributed by atoms with Gasteiger partial charge in [-0.15, -0.1) is 5.10 Å². The number of carbonyl (C=O) groups is 1. The predicted molar refractivity (Wildman–Crippen MR) is 105 cm³/mol. The molecule has 1 heterocycles. The van der Waals surface area contributed by atoms with Crippen LogP contribution in [0.3, 0.4) is 0 Å². The molecule has 0 saturated carbocycles. The smallest absolute Gasteiger partial charge is 0.435 e. The Morgan fingerprint density at radius 3 is 2.29 bits per heavy atom. The summed E-state index contributed by atoms with van der Waals surface area (Å²) >= 11 is 0. The van der Waals surface area contributed by atoms with Crippen molar-refractivity contribution in [2.45, 2.75) is 20.0 Å². The minimum Gasteiger partial charge on any atom is -0.492 e. The van der Waals surface area contributed by atoms with Crippen LogP contribution in [0.4, 0.5) is 17.6 Å². The predicted octanol–water partition coefficient (Wildman–Crippen LogP) is 4.19. The topological polar surface area (TPSA) is 60.2 Å². The maximum absolute atomic E-state index is 13.7. The number of hydrogen-bond acceptors (Lipinski definition) is 4. The summed E-state index contributed by atoms with van der Waals surface area (Å²) in [6, 6.07) is 9.86. The van der Waals surface area contributed by atoms with E-state index < -0.39 is 29.3 Å². The van der Waals surface area contributed by atoms with E-state index in [-0.39, 0.29) is 18.8 Å². The van der Waals surface area contributed by atoms with E-state index in [0.717, 1.165) is 40.3 Å². The normalized spacial score (nSPS) is 11.5. The van der Waals surface area contributed by atoms with Gasteiger partial charge in [0.15, 0.2) is 11.4 Å². The van der Waals surface area contributed by atoms with E-state index in [2.05, 4.69) is 10.3 Å². The second-order valence-corrected chi connectivity index (χ2v) is 7.07. The molecule has 1 amide bonds. The van der Waals surface area contributed by atoms with Crippen molar-refractivity contribution >= 4 is 5.91 Å². The maximum Gasteiger partial charge on any atom is 0.435 e. The first kappa shape index (κ1) is 22.3. The van der Waals surface area contributed by atoms with Gasteiger partial charge >= 0.3 is 6.18 Å². The van der Waals surface area contributed by atoms with E-state index in [0.29, 0.717) is 10.4 Å². The summed E-state index contributed by atoms with van der Waals surface area (Å²) in [7, 11) is 1.35. The molecule has 31 heavy (non-hydrogen) atoms. The van der Waals surface area contributed by atoms with Gasteiger partial charge in [0, 0.05) is 7.05 Å². The molecule has 0 radical (unpaired) electrons. The van der Waals surface area contributed by atoms with Gasteiger partial charge < -0.3 is 9.64 Å². The average Bonchev–Trinajstić information content (AvgIpc) is 3.12. The highest BCUT2D eigenvalue weighted by Crippen LogP contribution is 2.33. The molecular formula is C21H20F4N4O2. The molecule has 0 spiro atoms. The summed E-state index contributed by atoms with van der Waals surface area (Å²) in [5, 5.41) is 6.94. The number of halogens is 4. The molecule has 0 fully saturated rings. The first-order valence-corrected chi connectivity index (χ1v) is 9.31. The minimum absolute atomic E-state index is 0.0343. The third-order valence-corrected chi connectivity index (χ3v) is 4.45. The van der Waals surface area contributed by atoms with E-state index in [1.807, 2.05) is 32.0 Å². The number of carbonyl (C=O) groups excluding carboxylic acids is 1. The van der Waals surface area contributed by atoms with Crippen LogP contribution in [0.5, 0.6) is 5.75 Å². The Bertz CT molecular complexity index is 1060. The molecular weight excluding hydrogens is 416 g/mol. The van der Waals surface area contributed by atoms with Gasteiger partial charge in [-0.25, -0.2) is 9.07 Å². The molecule has 0 unspecified atom stereocenters. The summed E-state index contributed by atoms with van der Waals surface area (Å²) in [6.07, 6.45) is -4.90. The molecule has 0 saturated heterocycles. The van der Waals surface area contributed by atoms with Crippen molar-refractivity contribution in [1.82, 2.24) is 19.9 Å². The largest absolute Gasteiger partial charge is 0.492 e. The third-order valence-electron chi connectivity index (χ3n) is 4.45. The zero-order valence-electron chi connectivity index (χ0n) is 17.1. The summed E-state index contributed by atoms with van der Waals surface area (Å²) in [5.41, 5.74) is -0.226. The Kier molecular flexibility index (Phi) is 6.28. The standard InChI is InChI=1S/C21H20F4N4O2/c1-13-10-14(2)12-17(11-13)31-9-8-28(3)20(30)18-19(21(23,24)25)29(27-26-18)16-6-4-15(22)5-7-16/h4-7,10-12H,8-9H2,1-3H3. The van der Waals surface area contributed by atoms with E-state index in [9.17, 15) is 22.4 Å². The average molecular weight is 436 g/mol. The number of rotatable bonds is 6. The van der Waals surface area contributed by atoms with Crippen LogP contribution in [0, 0.1) is 19.7 Å². The summed E-state index contributed by atoms with van der Waals surface area (Å²) in [6.45, 7) is 3.95. The molecule has 0 bridgehead atoms. The van der Waals surface area contributed by atoms with Crippen LogP contribution in [-0.2, 0) is 6.18 Å². The molecule has 10 heteroatoms. The third kappa shape index (κ3) is 5.19. The van der Waals surface area contributed by atoms with Crippen LogP contribution in [0.25, 0.3) is 5.69 Å². The van der Waals surface area contributed by atoms with E-state index in [4.69, 9.17) is 4.74 Å². The van der Waals surface area contributed by atoms with Crippen molar-refractivity contribution in [3.63, 3.8) is 0 Å². The van der Waals surface area contributed by atoms with Crippen LogP contribution >= 0.6 is 0 Å². The lowest BCUT2D eigenvalue weighted by Gasteiger charge is -2.18. The fourth-order valence-corrected chi connectivity index (χ4v) is 3.04. The molecule has 164 valence electrons. The van der Waals surface area contributed by atoms with Gasteiger partial charge in [0.25, 0.3) is 5.91 Å². The van der Waals surface area contributed by atoms with Crippen molar-refractivity contribution in [2.75, 3.05) is 20.2 Å². The molecule has 0 aliphatic carbocycles. The van der Waals surface area contributed by atoms with Gasteiger partial charge in [-0.1, -0.05) is 11.3 Å². The fraction of sp³-hybridized carbons (Fsp3) is 0.286. The second kappa shape index (κ2) is 8.75. The van der Waals surface area contributed by atoms with Crippen LogP contribution in [-0.4, -0.2) is 46.0 Å². The van der Waals surface area contributed by atoms with Gasteiger partial charge in [0.2, 0.25) is 0 Å². The number of hydrogen-bond donors (Lipinski definition) is 0. The Labute approximate surface area is 176 Å². The van der Waals surface area contributed by atoms with Crippen molar-refractivity contribution in [3.8, 4) is 11.4 Å². The van der Waals surface area contributed by atoms with Crippen molar-refractivity contribution in [2.24, 2.45) is 0 Å². The summed E-state index contributed by atoms with van der Waals surface area (Å²) < 4.78 is 60.3. The Morgan fingerprint density at radius 1 is 1.10 bits per heavy atom. The number of likely N-dealkylation sites (N-methyl/N-ethyl adjacent to an activating group) is 1. The van der Waals surface area contributed by atoms with E-state index in [1.165, 1.54) is 7.05 Å². The van der Waals surface area contributed by atoms with Crippen molar-refractivity contribution in [3.05, 3.63) is 70.8 Å². The molecule has 0 N–H and O–H groups in total. The van der Waals surface area contributed by atoms with Gasteiger partial charge in [0.1, 0.15) is 18.2 Å². The highest BCUT2D eigenvalue weighted by Gasteiger charge is 2.42. The van der Waals surface area contributed by atoms with Crippen LogP contribution < -0.4 is 4.74 Å². The van der Waals surface area contributed by atoms with Gasteiger partial charge in [-0.05, 0) is 61.4 Å². The minimum atomic E-state index is -4.90. The maximum atomic E-state index is 13.7. The monoisotopic (exact) mass is 436 g/mol. The Hall–Kier alpha value is -3.43. The highest BCUT2D eigenvalue weighted by molar-refractivity contribution is 5.93. The SMILES string of the molecule is Cc1cc(C)cc(OCCN(C)C(=O)c2nnn(-c3ccc(F)cc3)c2C(F)(F)F)c1. The molecule has 3 aromatic rings. The van der Waals surface area contributed by atoms with Crippen molar-refractivity contribution in [1.29, 1.82) is 0 Å². The van der Waals surface area contributed by atoms with Crippen LogP contribution in [0.1, 0.15) is 27.3 Å². The number of ether oxygens (including phenoxy) is 1. The zero-order chi connectivity index (χ0) is 22.8. The lowest BCUT2D eigenvalue weighted by atomic mass is 10.1. The van der Waals surface area contributed by atoms with E-state index in [1.54, 1.807) is 0 Å². The fourth-order valence-electron chi connectivity index (χ4n) is 3.04. The Morgan fingerprint density at radius 2 is 1.71 bits per heavy atom.